The Labute approximate surface area is 139 Å². The van der Waals surface area contributed by atoms with Crippen LogP contribution in [0.1, 0.15) is 21.8 Å². The van der Waals surface area contributed by atoms with E-state index >= 15 is 0 Å². The first-order valence-electron chi connectivity index (χ1n) is 5.78. The van der Waals surface area contributed by atoms with Gasteiger partial charge < -0.3 is 0 Å². The zero-order chi connectivity index (χ0) is 15.6. The second-order valence-electron chi connectivity index (χ2n) is 4.22. The average Bonchev–Trinajstić information content (AvgIpc) is 2.41. The number of halogens is 4. The molecule has 2 rings (SSSR count). The number of hydrogen-bond acceptors (Lipinski definition) is 2. The van der Waals surface area contributed by atoms with Gasteiger partial charge in [-0.2, -0.15) is 5.26 Å². The third-order valence-electron chi connectivity index (χ3n) is 2.86. The van der Waals surface area contributed by atoms with E-state index in [1.54, 1.807) is 0 Å². The second-order valence-corrected chi connectivity index (χ2v) is 5.98. The Morgan fingerprint density at radius 2 is 1.95 bits per heavy atom. The van der Waals surface area contributed by atoms with Crippen molar-refractivity contribution < 1.29 is 9.18 Å². The number of ketones is 1. The molecule has 0 aromatic heterocycles. The molecule has 0 spiro atoms. The van der Waals surface area contributed by atoms with Gasteiger partial charge in [-0.3, -0.25) is 4.79 Å². The van der Waals surface area contributed by atoms with Crippen LogP contribution in [0, 0.1) is 17.1 Å². The average molecular weight is 387 g/mol. The zero-order valence-corrected chi connectivity index (χ0v) is 13.5. The second kappa shape index (κ2) is 6.57. The third kappa shape index (κ3) is 3.44. The molecule has 0 fully saturated rings. The van der Waals surface area contributed by atoms with E-state index in [0.29, 0.717) is 15.1 Å². The van der Waals surface area contributed by atoms with Crippen LogP contribution in [0.15, 0.2) is 40.9 Å². The molecule has 0 saturated heterocycles. The topological polar surface area (TPSA) is 40.9 Å². The minimum atomic E-state index is -1.19. The van der Waals surface area contributed by atoms with E-state index in [1.807, 2.05) is 6.07 Å². The first-order valence-corrected chi connectivity index (χ1v) is 7.32. The lowest BCUT2D eigenvalue weighted by molar-refractivity contribution is 0.0975. The highest BCUT2D eigenvalue weighted by Crippen LogP contribution is 2.30. The minimum Gasteiger partial charge on any atom is -0.292 e. The van der Waals surface area contributed by atoms with Crippen molar-refractivity contribution in [2.75, 3.05) is 0 Å². The third-order valence-corrected chi connectivity index (χ3v) is 3.92. The van der Waals surface area contributed by atoms with Gasteiger partial charge in [0, 0.05) is 14.5 Å². The molecule has 2 aromatic rings. The van der Waals surface area contributed by atoms with Crippen molar-refractivity contribution in [1.29, 1.82) is 5.26 Å². The Bertz CT molecular complexity index is 758. The maximum atomic E-state index is 13.9. The van der Waals surface area contributed by atoms with Gasteiger partial charge in [-0.05, 0) is 35.9 Å². The summed E-state index contributed by atoms with van der Waals surface area (Å²) in [6.45, 7) is 0. The van der Waals surface area contributed by atoms with Crippen LogP contribution in [-0.2, 0) is 0 Å². The summed E-state index contributed by atoms with van der Waals surface area (Å²) < 4.78 is 14.4. The number of benzene rings is 2. The number of hydrogen-bond donors (Lipinski definition) is 0. The molecule has 0 amide bonds. The molecule has 0 aliphatic carbocycles. The van der Waals surface area contributed by atoms with E-state index < -0.39 is 17.5 Å². The molecular formula is C15H7BrCl2FNO. The number of nitriles is 1. The van der Waals surface area contributed by atoms with Crippen molar-refractivity contribution in [2.24, 2.45) is 0 Å². The molecule has 21 heavy (non-hydrogen) atoms. The molecule has 0 aliphatic heterocycles. The van der Waals surface area contributed by atoms with E-state index in [0.717, 1.165) is 0 Å². The summed E-state index contributed by atoms with van der Waals surface area (Å²) in [5.41, 5.74) is 0.145. The maximum Gasteiger partial charge on any atom is 0.187 e. The molecule has 0 N–H and O–H groups in total. The Morgan fingerprint density at radius 1 is 1.24 bits per heavy atom. The Kier molecular flexibility index (Phi) is 5.00. The van der Waals surface area contributed by atoms with Crippen LogP contribution >= 0.6 is 39.1 Å². The van der Waals surface area contributed by atoms with Crippen molar-refractivity contribution in [3.8, 4) is 6.07 Å². The monoisotopic (exact) mass is 385 g/mol. The van der Waals surface area contributed by atoms with Crippen LogP contribution in [-0.4, -0.2) is 5.78 Å². The van der Waals surface area contributed by atoms with E-state index in [9.17, 15) is 14.4 Å². The first-order chi connectivity index (χ1) is 9.93. The zero-order valence-electron chi connectivity index (χ0n) is 10.4. The van der Waals surface area contributed by atoms with Gasteiger partial charge in [-0.25, -0.2) is 4.39 Å². The summed E-state index contributed by atoms with van der Waals surface area (Å²) in [4.78, 5) is 12.4. The molecule has 0 heterocycles. The highest BCUT2D eigenvalue weighted by atomic mass is 79.9. The molecule has 1 atom stereocenters. The number of nitrogens with zero attached hydrogens (tertiary/aromatic N) is 1. The minimum absolute atomic E-state index is 0.157. The van der Waals surface area contributed by atoms with E-state index in [2.05, 4.69) is 15.9 Å². The smallest absolute Gasteiger partial charge is 0.187 e. The molecule has 2 nitrogen and oxygen atoms in total. The summed E-state index contributed by atoms with van der Waals surface area (Å²) in [6.07, 6.45) is 0. The van der Waals surface area contributed by atoms with Gasteiger partial charge in [0.15, 0.2) is 5.78 Å². The van der Waals surface area contributed by atoms with Crippen molar-refractivity contribution in [1.82, 2.24) is 0 Å². The number of carbonyl (C=O) groups excluding carboxylic acids is 1. The van der Waals surface area contributed by atoms with Gasteiger partial charge in [-0.1, -0.05) is 45.2 Å². The lowest BCUT2D eigenvalue weighted by atomic mass is 9.91. The normalized spacial score (nSPS) is 11.8. The number of Topliss-reactive ketones (excluding diaryl/α,β-unsaturated/α-hetero) is 1. The van der Waals surface area contributed by atoms with E-state index in [1.165, 1.54) is 36.4 Å². The van der Waals surface area contributed by atoms with E-state index in [4.69, 9.17) is 23.2 Å². The molecule has 0 saturated carbocycles. The van der Waals surface area contributed by atoms with Gasteiger partial charge in [0.25, 0.3) is 0 Å². The lowest BCUT2D eigenvalue weighted by Gasteiger charge is -2.11. The quantitative estimate of drug-likeness (QED) is 0.664. The Hall–Kier alpha value is -1.41. The fourth-order valence-electron chi connectivity index (χ4n) is 1.85. The number of rotatable bonds is 3. The summed E-state index contributed by atoms with van der Waals surface area (Å²) >= 11 is 14.9. The standard InChI is InChI=1S/C15H7BrCl2FNO/c16-8-1-3-11(14(19)5-8)15(21)12(7-20)10-4-2-9(17)6-13(10)18/h1-6,12H. The first kappa shape index (κ1) is 16.0. The Balaban J connectivity index is 2.46. The lowest BCUT2D eigenvalue weighted by Crippen LogP contribution is -2.13. The summed E-state index contributed by atoms with van der Waals surface area (Å²) in [6, 6.07) is 10.4. The molecule has 2 aromatic carbocycles. The Morgan fingerprint density at radius 3 is 2.52 bits per heavy atom. The van der Waals surface area contributed by atoms with E-state index in [-0.39, 0.29) is 10.6 Å². The molecule has 0 radical (unpaired) electrons. The van der Waals surface area contributed by atoms with Gasteiger partial charge in [0.2, 0.25) is 0 Å². The number of carbonyl (C=O) groups is 1. The SMILES string of the molecule is N#CC(C(=O)c1ccc(Br)cc1F)c1ccc(Cl)cc1Cl. The van der Waals surface area contributed by atoms with Crippen molar-refractivity contribution in [3.05, 3.63) is 67.9 Å². The molecular weight excluding hydrogens is 380 g/mol. The highest BCUT2D eigenvalue weighted by Gasteiger charge is 2.26. The molecule has 1 unspecified atom stereocenters. The maximum absolute atomic E-state index is 13.9. The van der Waals surface area contributed by atoms with Crippen LogP contribution in [0.3, 0.4) is 0 Å². The fourth-order valence-corrected chi connectivity index (χ4v) is 2.70. The molecule has 0 bridgehead atoms. The summed E-state index contributed by atoms with van der Waals surface area (Å²) in [5, 5.41) is 9.84. The van der Waals surface area contributed by atoms with Crippen LogP contribution in [0.25, 0.3) is 0 Å². The molecule has 6 heteroatoms. The molecule has 0 aliphatic rings. The fraction of sp³-hybridized carbons (Fsp3) is 0.0667. The van der Waals surface area contributed by atoms with Gasteiger partial charge in [0.1, 0.15) is 11.7 Å². The van der Waals surface area contributed by atoms with Gasteiger partial charge in [-0.15, -0.1) is 0 Å². The van der Waals surface area contributed by atoms with Crippen LogP contribution < -0.4 is 0 Å². The van der Waals surface area contributed by atoms with Crippen LogP contribution in [0.4, 0.5) is 4.39 Å². The predicted molar refractivity (Wildman–Crippen MR) is 83.2 cm³/mol. The largest absolute Gasteiger partial charge is 0.292 e. The predicted octanol–water partition coefficient (Wildman–Crippen LogP) is 5.39. The van der Waals surface area contributed by atoms with Crippen molar-refractivity contribution in [2.45, 2.75) is 5.92 Å². The van der Waals surface area contributed by atoms with Crippen molar-refractivity contribution in [3.63, 3.8) is 0 Å². The summed E-state index contributed by atoms with van der Waals surface area (Å²) in [7, 11) is 0. The molecule has 106 valence electrons. The highest BCUT2D eigenvalue weighted by molar-refractivity contribution is 9.10. The van der Waals surface area contributed by atoms with Crippen LogP contribution in [0.2, 0.25) is 10.0 Å². The van der Waals surface area contributed by atoms with Crippen LogP contribution in [0.5, 0.6) is 0 Å². The summed E-state index contributed by atoms with van der Waals surface area (Å²) in [5.74, 6) is -2.53. The van der Waals surface area contributed by atoms with Gasteiger partial charge in [0.05, 0.1) is 11.6 Å². The van der Waals surface area contributed by atoms with Gasteiger partial charge >= 0.3 is 0 Å². The van der Waals surface area contributed by atoms with Crippen molar-refractivity contribution >= 4 is 44.9 Å².